The number of carboxylic acid groups (broad SMARTS) is 1. The molecular weight excluding hydrogens is 472 g/mol. The van der Waals surface area contributed by atoms with Crippen molar-refractivity contribution in [2.45, 2.75) is 19.9 Å². The summed E-state index contributed by atoms with van der Waals surface area (Å²) in [6, 6.07) is 18.9. The largest absolute Gasteiger partial charge is 0.505 e. The van der Waals surface area contributed by atoms with E-state index in [0.29, 0.717) is 28.3 Å². The van der Waals surface area contributed by atoms with Crippen LogP contribution in [0.15, 0.2) is 98.8 Å². The summed E-state index contributed by atoms with van der Waals surface area (Å²) in [6.07, 6.45) is 1.48. The van der Waals surface area contributed by atoms with E-state index in [-0.39, 0.29) is 17.0 Å². The summed E-state index contributed by atoms with van der Waals surface area (Å²) in [6.45, 7) is 3.94. The minimum atomic E-state index is -1.09. The highest BCUT2D eigenvalue weighted by Crippen LogP contribution is 2.38. The minimum absolute atomic E-state index is 0.0891. The van der Waals surface area contributed by atoms with Crippen LogP contribution < -0.4 is 5.01 Å². The molecule has 1 atom stereocenters. The number of carbonyl (C=O) groups excluding carboxylic acids is 1. The summed E-state index contributed by atoms with van der Waals surface area (Å²) in [5, 5.41) is 34.4. The molecule has 1 aliphatic rings. The molecule has 0 bridgehead atoms. The van der Waals surface area contributed by atoms with Crippen molar-refractivity contribution in [2.75, 3.05) is 5.01 Å². The topological polar surface area (TPSA) is 128 Å². The van der Waals surface area contributed by atoms with E-state index in [4.69, 9.17) is 4.42 Å². The number of carbonyl (C=O) groups is 2. The monoisotopic (exact) mass is 494 g/mol. The highest BCUT2D eigenvalue weighted by Gasteiger charge is 2.39. The number of carboxylic acids is 1. The lowest BCUT2D eigenvalue weighted by atomic mass is 10.0. The first-order chi connectivity index (χ1) is 17.8. The molecule has 1 amide bonds. The normalized spacial score (nSPS) is 15.4. The third-order valence-electron chi connectivity index (χ3n) is 6.13. The van der Waals surface area contributed by atoms with Gasteiger partial charge < -0.3 is 14.6 Å². The lowest BCUT2D eigenvalue weighted by Gasteiger charge is -2.14. The number of furan rings is 1. The Balaban J connectivity index is 1.50. The quantitative estimate of drug-likeness (QED) is 0.324. The molecular formula is C28H22N4O5. The molecule has 0 saturated heterocycles. The Kier molecular flexibility index (Phi) is 6.10. The van der Waals surface area contributed by atoms with Crippen LogP contribution in [-0.2, 0) is 4.79 Å². The van der Waals surface area contributed by atoms with Gasteiger partial charge in [-0.1, -0.05) is 30.3 Å². The number of nitrogens with zero attached hydrogens (tertiary/aromatic N) is 4. The molecule has 0 fully saturated rings. The van der Waals surface area contributed by atoms with Gasteiger partial charge in [0.2, 0.25) is 0 Å². The zero-order chi connectivity index (χ0) is 26.1. The van der Waals surface area contributed by atoms with Crippen molar-refractivity contribution in [1.29, 1.82) is 0 Å². The van der Waals surface area contributed by atoms with Crippen LogP contribution >= 0.6 is 0 Å². The molecule has 4 aromatic rings. The summed E-state index contributed by atoms with van der Waals surface area (Å²) >= 11 is 0. The zero-order valence-electron chi connectivity index (χ0n) is 20.0. The summed E-state index contributed by atoms with van der Waals surface area (Å²) < 4.78 is 5.50. The van der Waals surface area contributed by atoms with E-state index in [9.17, 15) is 19.8 Å². The number of hydrazone groups is 1. The van der Waals surface area contributed by atoms with Crippen LogP contribution in [0.1, 0.15) is 27.2 Å². The minimum Gasteiger partial charge on any atom is -0.505 e. The maximum Gasteiger partial charge on any atom is 0.335 e. The van der Waals surface area contributed by atoms with Gasteiger partial charge in [-0.2, -0.15) is 20.3 Å². The van der Waals surface area contributed by atoms with Crippen LogP contribution in [0.2, 0.25) is 0 Å². The number of phenols is 1. The first-order valence-corrected chi connectivity index (χ1v) is 11.4. The van der Waals surface area contributed by atoms with Crippen molar-refractivity contribution in [3.05, 3.63) is 102 Å². The number of benzene rings is 3. The molecule has 0 radical (unpaired) electrons. The lowest BCUT2D eigenvalue weighted by Crippen LogP contribution is -2.30. The van der Waals surface area contributed by atoms with E-state index in [2.05, 4.69) is 15.3 Å². The number of aromatic carboxylic acids is 1. The highest BCUT2D eigenvalue weighted by molar-refractivity contribution is 6.23. The van der Waals surface area contributed by atoms with Crippen LogP contribution in [0.5, 0.6) is 5.75 Å². The third kappa shape index (κ3) is 4.50. The van der Waals surface area contributed by atoms with E-state index in [1.807, 2.05) is 32.0 Å². The highest BCUT2D eigenvalue weighted by atomic mass is 16.4. The number of phenolic OH excluding ortho intramolecular Hbond substituents is 1. The number of rotatable bonds is 6. The summed E-state index contributed by atoms with van der Waals surface area (Å²) in [7, 11) is 0. The Hall–Kier alpha value is -5.05. The molecule has 1 aromatic heterocycles. The number of para-hydroxylation sites is 1. The van der Waals surface area contributed by atoms with Crippen molar-refractivity contribution in [2.24, 2.45) is 15.3 Å². The number of anilines is 1. The standard InChI is InChI=1S/C28H22N4O5/c1-16-11-12-20(14-17(16)2)32-27(34)25(24(31-32)23-10-5-13-37-23)30-29-22-9-4-8-21(26(22)33)18-6-3-7-19(15-18)28(35)36/h3-15,25,33H,1-2H3,(H,35,36). The number of amides is 1. The average molecular weight is 495 g/mol. The Morgan fingerprint density at radius 1 is 1.00 bits per heavy atom. The number of hydrogen-bond donors (Lipinski definition) is 2. The Bertz CT molecular complexity index is 1570. The fourth-order valence-corrected chi connectivity index (χ4v) is 3.98. The van der Waals surface area contributed by atoms with Gasteiger partial charge >= 0.3 is 5.97 Å². The van der Waals surface area contributed by atoms with Gasteiger partial charge in [-0.25, -0.2) is 4.79 Å². The van der Waals surface area contributed by atoms with Gasteiger partial charge in [0.05, 0.1) is 17.5 Å². The molecule has 1 aliphatic heterocycles. The van der Waals surface area contributed by atoms with Gasteiger partial charge in [0, 0.05) is 5.56 Å². The maximum absolute atomic E-state index is 13.4. The van der Waals surface area contributed by atoms with Gasteiger partial charge in [-0.3, -0.25) is 4.79 Å². The van der Waals surface area contributed by atoms with Gasteiger partial charge in [-0.05, 0) is 73.0 Å². The summed E-state index contributed by atoms with van der Waals surface area (Å²) in [4.78, 5) is 24.8. The predicted octanol–water partition coefficient (Wildman–Crippen LogP) is 5.87. The van der Waals surface area contributed by atoms with Crippen molar-refractivity contribution in [1.82, 2.24) is 0 Å². The van der Waals surface area contributed by atoms with E-state index >= 15 is 0 Å². The van der Waals surface area contributed by atoms with Crippen LogP contribution in [0.4, 0.5) is 11.4 Å². The Morgan fingerprint density at radius 3 is 2.54 bits per heavy atom. The predicted molar refractivity (Wildman–Crippen MR) is 137 cm³/mol. The van der Waals surface area contributed by atoms with E-state index in [0.717, 1.165) is 11.1 Å². The second-order valence-electron chi connectivity index (χ2n) is 8.56. The van der Waals surface area contributed by atoms with Gasteiger partial charge in [0.1, 0.15) is 11.4 Å². The van der Waals surface area contributed by atoms with Crippen molar-refractivity contribution >= 4 is 29.0 Å². The molecule has 9 nitrogen and oxygen atoms in total. The van der Waals surface area contributed by atoms with E-state index in [1.54, 1.807) is 42.5 Å². The second-order valence-corrected chi connectivity index (χ2v) is 8.56. The molecule has 5 rings (SSSR count). The van der Waals surface area contributed by atoms with Crippen molar-refractivity contribution in [3.63, 3.8) is 0 Å². The van der Waals surface area contributed by atoms with Gasteiger partial charge in [0.25, 0.3) is 5.91 Å². The SMILES string of the molecule is Cc1ccc(N2N=C(c3ccco3)C(N=Nc3cccc(-c4cccc(C(=O)O)c4)c3O)C2=O)cc1C. The number of azo groups is 1. The smallest absolute Gasteiger partial charge is 0.335 e. The first-order valence-electron chi connectivity index (χ1n) is 11.4. The molecule has 0 aliphatic carbocycles. The van der Waals surface area contributed by atoms with Crippen molar-refractivity contribution in [3.8, 4) is 16.9 Å². The van der Waals surface area contributed by atoms with Crippen LogP contribution in [-0.4, -0.2) is 33.8 Å². The maximum atomic E-state index is 13.4. The molecule has 2 N–H and O–H groups in total. The number of aryl methyl sites for hydroxylation is 2. The molecule has 1 unspecified atom stereocenters. The fourth-order valence-electron chi connectivity index (χ4n) is 3.98. The van der Waals surface area contributed by atoms with Crippen LogP contribution in [0.25, 0.3) is 11.1 Å². The second kappa shape index (κ2) is 9.54. The average Bonchev–Trinajstić information content (AvgIpc) is 3.53. The molecule has 2 heterocycles. The van der Waals surface area contributed by atoms with Crippen molar-refractivity contribution < 1.29 is 24.2 Å². The first kappa shape index (κ1) is 23.7. The van der Waals surface area contributed by atoms with E-state index < -0.39 is 17.9 Å². The van der Waals surface area contributed by atoms with E-state index in [1.165, 1.54) is 23.4 Å². The zero-order valence-corrected chi connectivity index (χ0v) is 20.0. The van der Waals surface area contributed by atoms with Crippen LogP contribution in [0, 0.1) is 13.8 Å². The molecule has 184 valence electrons. The molecule has 0 saturated carbocycles. The molecule has 9 heteroatoms. The Morgan fingerprint density at radius 2 is 1.81 bits per heavy atom. The molecule has 3 aromatic carbocycles. The third-order valence-corrected chi connectivity index (χ3v) is 6.13. The Labute approximate surface area is 212 Å². The fraction of sp³-hybridized carbons (Fsp3) is 0.107. The molecule has 0 spiro atoms. The summed E-state index contributed by atoms with van der Waals surface area (Å²) in [5.41, 5.74) is 4.09. The lowest BCUT2D eigenvalue weighted by molar-refractivity contribution is -0.117. The van der Waals surface area contributed by atoms with Gasteiger partial charge in [0.15, 0.2) is 17.6 Å². The number of aromatic hydroxyl groups is 1. The van der Waals surface area contributed by atoms with Crippen LogP contribution in [0.3, 0.4) is 0 Å². The number of hydrogen-bond acceptors (Lipinski definition) is 7. The summed E-state index contributed by atoms with van der Waals surface area (Å²) in [5.74, 6) is -1.30. The van der Waals surface area contributed by atoms with Gasteiger partial charge in [-0.15, -0.1) is 0 Å². The molecule has 37 heavy (non-hydrogen) atoms.